The van der Waals surface area contributed by atoms with Crippen LogP contribution in [0.4, 0.5) is 10.5 Å². The highest BCUT2D eigenvalue weighted by Crippen LogP contribution is 2.33. The van der Waals surface area contributed by atoms with Crippen LogP contribution in [0.5, 0.6) is 0 Å². The van der Waals surface area contributed by atoms with Gasteiger partial charge in [-0.3, -0.25) is 0 Å². The highest BCUT2D eigenvalue weighted by molar-refractivity contribution is 5.91. The number of carbonyl (C=O) groups is 1. The van der Waals surface area contributed by atoms with Gasteiger partial charge in [0.05, 0.1) is 0 Å². The van der Waals surface area contributed by atoms with E-state index in [1.807, 2.05) is 0 Å². The first kappa shape index (κ1) is 23.9. The molecule has 0 bridgehead atoms. The van der Waals surface area contributed by atoms with Crippen LogP contribution in [0.3, 0.4) is 0 Å². The number of aromatic nitrogens is 1. The van der Waals surface area contributed by atoms with E-state index in [9.17, 15) is 4.79 Å². The van der Waals surface area contributed by atoms with Gasteiger partial charge < -0.3 is 15.2 Å². The Hall–Kier alpha value is -2.75. The van der Waals surface area contributed by atoms with Crippen molar-refractivity contribution < 1.29 is 4.79 Å². The summed E-state index contributed by atoms with van der Waals surface area (Å²) < 4.78 is 2.19. The predicted octanol–water partition coefficient (Wildman–Crippen LogP) is 7.52. The van der Waals surface area contributed by atoms with Gasteiger partial charge in [-0.15, -0.1) is 0 Å². The molecule has 3 rings (SSSR count). The highest BCUT2D eigenvalue weighted by atomic mass is 16.2. The number of hydrogen-bond donors (Lipinski definition) is 2. The molecule has 1 heterocycles. The van der Waals surface area contributed by atoms with E-state index in [0.29, 0.717) is 18.4 Å². The van der Waals surface area contributed by atoms with Crippen molar-refractivity contribution >= 4 is 22.6 Å². The lowest BCUT2D eigenvalue weighted by Crippen LogP contribution is -2.33. The van der Waals surface area contributed by atoms with E-state index in [4.69, 9.17) is 0 Å². The summed E-state index contributed by atoms with van der Waals surface area (Å²) in [6, 6.07) is 14.7. The first-order chi connectivity index (χ1) is 15.3. The van der Waals surface area contributed by atoms with Gasteiger partial charge in [-0.2, -0.15) is 0 Å². The molecule has 1 atom stereocenters. The second-order valence-electron chi connectivity index (χ2n) is 9.51. The molecule has 3 aromatic rings. The van der Waals surface area contributed by atoms with Gasteiger partial charge in [-0.25, -0.2) is 4.79 Å². The number of amides is 2. The number of nitrogens with zero attached hydrogens (tertiary/aromatic N) is 1. The van der Waals surface area contributed by atoms with Gasteiger partial charge in [0.25, 0.3) is 0 Å². The normalized spacial score (nSPS) is 12.5. The van der Waals surface area contributed by atoms with Crippen molar-refractivity contribution in [1.82, 2.24) is 9.88 Å². The summed E-state index contributed by atoms with van der Waals surface area (Å²) in [5.41, 5.74) is 5.89. The minimum Gasteiger partial charge on any atom is -0.350 e. The molecule has 172 valence electrons. The molecule has 0 fully saturated rings. The van der Waals surface area contributed by atoms with Crippen LogP contribution >= 0.6 is 0 Å². The van der Waals surface area contributed by atoms with Crippen LogP contribution in [-0.2, 0) is 7.05 Å². The Morgan fingerprint density at radius 3 is 2.22 bits per heavy atom. The van der Waals surface area contributed by atoms with Gasteiger partial charge in [-0.05, 0) is 41.0 Å². The van der Waals surface area contributed by atoms with Gasteiger partial charge in [0.15, 0.2) is 0 Å². The average molecular weight is 434 g/mol. The zero-order valence-corrected chi connectivity index (χ0v) is 20.5. The molecule has 0 saturated carbocycles. The second kappa shape index (κ2) is 10.7. The molecule has 2 aromatic carbocycles. The zero-order chi connectivity index (χ0) is 23.3. The number of nitrogens with one attached hydrogen (secondary N) is 2. The van der Waals surface area contributed by atoms with E-state index in [1.165, 1.54) is 27.6 Å². The number of urea groups is 1. The first-order valence-corrected chi connectivity index (χ1v) is 12.0. The van der Waals surface area contributed by atoms with E-state index in [1.54, 1.807) is 0 Å². The maximum Gasteiger partial charge on any atom is 0.319 e. The smallest absolute Gasteiger partial charge is 0.319 e. The van der Waals surface area contributed by atoms with Gasteiger partial charge in [0.2, 0.25) is 0 Å². The lowest BCUT2D eigenvalue weighted by Gasteiger charge is -2.22. The number of hydrogen-bond acceptors (Lipinski definition) is 1. The zero-order valence-electron chi connectivity index (χ0n) is 20.5. The fourth-order valence-corrected chi connectivity index (χ4v) is 4.59. The van der Waals surface area contributed by atoms with Crippen LogP contribution in [0.1, 0.15) is 88.3 Å². The summed E-state index contributed by atoms with van der Waals surface area (Å²) in [5, 5.41) is 7.66. The minimum atomic E-state index is -0.123. The molecular weight excluding hydrogens is 394 g/mol. The molecule has 0 saturated heterocycles. The number of fused-ring (bicyclic) bond motifs is 1. The van der Waals surface area contributed by atoms with Crippen LogP contribution < -0.4 is 10.6 Å². The maximum absolute atomic E-state index is 13.0. The van der Waals surface area contributed by atoms with Crippen molar-refractivity contribution in [2.45, 2.75) is 71.6 Å². The largest absolute Gasteiger partial charge is 0.350 e. The van der Waals surface area contributed by atoms with Crippen LogP contribution in [-0.4, -0.2) is 17.1 Å². The van der Waals surface area contributed by atoms with Crippen molar-refractivity contribution in [1.29, 1.82) is 0 Å². The third-order valence-electron chi connectivity index (χ3n) is 6.39. The number of aryl methyl sites for hydroxylation is 1. The molecule has 1 aromatic heterocycles. The maximum atomic E-state index is 13.0. The third kappa shape index (κ3) is 5.35. The van der Waals surface area contributed by atoms with E-state index in [-0.39, 0.29) is 11.9 Å². The first-order valence-electron chi connectivity index (χ1n) is 12.0. The van der Waals surface area contributed by atoms with Gasteiger partial charge in [0, 0.05) is 42.3 Å². The van der Waals surface area contributed by atoms with Gasteiger partial charge in [0.1, 0.15) is 0 Å². The highest BCUT2D eigenvalue weighted by Gasteiger charge is 2.20. The topological polar surface area (TPSA) is 46.1 Å². The summed E-state index contributed by atoms with van der Waals surface area (Å²) >= 11 is 0. The van der Waals surface area contributed by atoms with Crippen molar-refractivity contribution in [3.8, 4) is 0 Å². The summed E-state index contributed by atoms with van der Waals surface area (Å²) in [5.74, 6) is 0.977. The number of benzene rings is 2. The number of unbranched alkanes of at least 4 members (excludes halogenated alkanes) is 1. The molecule has 0 radical (unpaired) electrons. The van der Waals surface area contributed by atoms with Crippen LogP contribution in [0.15, 0.2) is 48.7 Å². The molecular formula is C28H39N3O. The molecule has 2 N–H and O–H groups in total. The SMILES string of the molecule is CCCC[C@@H](CNC(=O)Nc1c(C(C)C)cccc1C(C)C)c1cn(C)c2ccccc12. The summed E-state index contributed by atoms with van der Waals surface area (Å²) in [6.45, 7) is 11.5. The Morgan fingerprint density at radius 2 is 1.59 bits per heavy atom. The number of para-hydroxylation sites is 2. The van der Waals surface area contributed by atoms with Crippen molar-refractivity contribution in [2.24, 2.45) is 7.05 Å². The quantitative estimate of drug-likeness (QED) is 0.360. The summed E-state index contributed by atoms with van der Waals surface area (Å²) in [6.07, 6.45) is 5.58. The van der Waals surface area contributed by atoms with Crippen LogP contribution in [0.25, 0.3) is 10.9 Å². The summed E-state index contributed by atoms with van der Waals surface area (Å²) in [4.78, 5) is 13.0. The Morgan fingerprint density at radius 1 is 0.938 bits per heavy atom. The van der Waals surface area contributed by atoms with Crippen molar-refractivity contribution in [3.63, 3.8) is 0 Å². The Labute approximate surface area is 193 Å². The van der Waals surface area contributed by atoms with Crippen molar-refractivity contribution in [3.05, 3.63) is 65.4 Å². The molecule has 0 aliphatic carbocycles. The number of carbonyl (C=O) groups excluding carboxylic acids is 1. The van der Waals surface area contributed by atoms with Crippen LogP contribution in [0, 0.1) is 0 Å². The lowest BCUT2D eigenvalue weighted by molar-refractivity contribution is 0.251. The van der Waals surface area contributed by atoms with E-state index < -0.39 is 0 Å². The standard InChI is InChI=1S/C28H39N3O/c1-7-8-12-21(25-18-31(6)26-16-10-9-13-24(25)26)17-29-28(32)30-27-22(19(2)3)14-11-15-23(27)20(4)5/h9-11,13-16,18-21H,7-8,12,17H2,1-6H3,(H2,29,30,32)/t21-/m0/s1. The Kier molecular flexibility index (Phi) is 8.00. The van der Waals surface area contributed by atoms with Gasteiger partial charge >= 0.3 is 6.03 Å². The van der Waals surface area contributed by atoms with E-state index in [0.717, 1.165) is 24.9 Å². The van der Waals surface area contributed by atoms with E-state index >= 15 is 0 Å². The molecule has 0 spiro atoms. The fourth-order valence-electron chi connectivity index (χ4n) is 4.59. The Balaban J connectivity index is 1.80. The number of anilines is 1. The van der Waals surface area contributed by atoms with E-state index in [2.05, 4.69) is 106 Å². The second-order valence-corrected chi connectivity index (χ2v) is 9.51. The number of rotatable bonds is 9. The molecule has 32 heavy (non-hydrogen) atoms. The Bertz CT molecular complexity index is 1020. The van der Waals surface area contributed by atoms with Crippen molar-refractivity contribution in [2.75, 3.05) is 11.9 Å². The average Bonchev–Trinajstić information content (AvgIpc) is 3.10. The molecule has 0 aliphatic heterocycles. The minimum absolute atomic E-state index is 0.123. The summed E-state index contributed by atoms with van der Waals surface area (Å²) in [7, 11) is 2.10. The molecule has 2 amide bonds. The lowest BCUT2D eigenvalue weighted by atomic mass is 9.92. The molecule has 4 nitrogen and oxygen atoms in total. The molecule has 0 aliphatic rings. The fraction of sp³-hybridized carbons (Fsp3) is 0.464. The predicted molar refractivity (Wildman–Crippen MR) is 137 cm³/mol. The monoisotopic (exact) mass is 433 g/mol. The molecule has 0 unspecified atom stereocenters. The van der Waals surface area contributed by atoms with Gasteiger partial charge in [-0.1, -0.05) is 83.9 Å². The van der Waals surface area contributed by atoms with Crippen LogP contribution in [0.2, 0.25) is 0 Å². The molecule has 4 heteroatoms. The third-order valence-corrected chi connectivity index (χ3v) is 6.39.